The summed E-state index contributed by atoms with van der Waals surface area (Å²) in [5.74, 6) is -4.48. The number of hydrogen-bond donors (Lipinski definition) is 2. The number of amides is 2. The topological polar surface area (TPSA) is 130 Å². The first-order valence-corrected chi connectivity index (χ1v) is 14.7. The van der Waals surface area contributed by atoms with Gasteiger partial charge in [-0.25, -0.2) is 18.2 Å². The number of aromatic nitrogens is 1. The summed E-state index contributed by atoms with van der Waals surface area (Å²) in [7, 11) is 0. The van der Waals surface area contributed by atoms with Gasteiger partial charge in [0.25, 0.3) is 5.91 Å². The summed E-state index contributed by atoms with van der Waals surface area (Å²) >= 11 is 0. The van der Waals surface area contributed by atoms with E-state index >= 15 is 4.39 Å². The van der Waals surface area contributed by atoms with Gasteiger partial charge in [0, 0.05) is 46.8 Å². The number of fused-ring (bicyclic) bond motifs is 1. The van der Waals surface area contributed by atoms with E-state index in [1.165, 1.54) is 0 Å². The molecule has 2 aliphatic rings. The van der Waals surface area contributed by atoms with Gasteiger partial charge in [-0.15, -0.1) is 0 Å². The molecule has 0 spiro atoms. The molecule has 9 nitrogen and oxygen atoms in total. The molecule has 12 heteroatoms. The fraction of sp³-hybridized carbons (Fsp3) is 0.394. The highest BCUT2D eigenvalue weighted by atomic mass is 19.2. The van der Waals surface area contributed by atoms with Gasteiger partial charge in [0.05, 0.1) is 13.2 Å². The van der Waals surface area contributed by atoms with Crippen molar-refractivity contribution in [1.29, 1.82) is 0 Å². The number of pyridine rings is 1. The molecule has 3 N–H and O–H groups in total. The minimum atomic E-state index is -1.35. The molecule has 1 fully saturated rings. The van der Waals surface area contributed by atoms with Crippen molar-refractivity contribution in [3.63, 3.8) is 0 Å². The Balaban J connectivity index is 1.46. The largest absolute Gasteiger partial charge is 0.490 e. The lowest BCUT2D eigenvalue weighted by molar-refractivity contribution is -0.123. The van der Waals surface area contributed by atoms with Crippen LogP contribution in [0.3, 0.4) is 0 Å². The molecule has 0 bridgehead atoms. The Morgan fingerprint density at radius 1 is 1.11 bits per heavy atom. The van der Waals surface area contributed by atoms with Crippen LogP contribution in [0, 0.1) is 29.3 Å². The zero-order valence-corrected chi connectivity index (χ0v) is 25.1. The van der Waals surface area contributed by atoms with Crippen molar-refractivity contribution in [2.24, 2.45) is 17.6 Å². The number of nitrogens with zero attached hydrogens (tertiary/aromatic N) is 1. The van der Waals surface area contributed by atoms with E-state index in [4.69, 9.17) is 19.9 Å². The minimum Gasteiger partial charge on any atom is -0.490 e. The molecule has 1 aliphatic heterocycles. The zero-order valence-electron chi connectivity index (χ0n) is 25.1. The molecule has 3 atom stereocenters. The van der Waals surface area contributed by atoms with Gasteiger partial charge in [0.15, 0.2) is 23.1 Å². The van der Waals surface area contributed by atoms with E-state index in [2.05, 4.69) is 10.3 Å². The van der Waals surface area contributed by atoms with Crippen molar-refractivity contribution in [1.82, 2.24) is 10.3 Å². The van der Waals surface area contributed by atoms with Gasteiger partial charge in [0.2, 0.25) is 5.91 Å². The molecule has 0 radical (unpaired) electrons. The van der Waals surface area contributed by atoms with Gasteiger partial charge in [-0.1, -0.05) is 6.92 Å². The zero-order chi connectivity index (χ0) is 32.5. The van der Waals surface area contributed by atoms with E-state index in [1.54, 1.807) is 45.0 Å². The smallest absolute Gasteiger partial charge is 0.251 e. The number of nitrogens with one attached hydrogen (secondary N) is 1. The monoisotopic (exact) mass is 625 g/mol. The number of nitrogens with two attached hydrogens (primary N) is 1. The van der Waals surface area contributed by atoms with Crippen LogP contribution in [0.4, 0.5) is 13.2 Å². The Morgan fingerprint density at radius 2 is 1.84 bits per heavy atom. The number of hydrogen-bond acceptors (Lipinski definition) is 7. The molecule has 2 amide bonds. The molecular formula is C33H34F3N3O6. The second-order valence-corrected chi connectivity index (χ2v) is 11.7. The number of halogens is 3. The fourth-order valence-corrected chi connectivity index (χ4v) is 5.30. The number of benzene rings is 2. The number of carbonyl (C=O) groups is 3. The predicted molar refractivity (Wildman–Crippen MR) is 158 cm³/mol. The van der Waals surface area contributed by atoms with E-state index in [-0.39, 0.29) is 54.5 Å². The van der Waals surface area contributed by atoms with Gasteiger partial charge >= 0.3 is 0 Å². The lowest BCUT2D eigenvalue weighted by Crippen LogP contribution is -2.40. The molecule has 45 heavy (non-hydrogen) atoms. The van der Waals surface area contributed by atoms with E-state index < -0.39 is 34.7 Å². The maximum atomic E-state index is 15.0. The Bertz CT molecular complexity index is 1650. The highest BCUT2D eigenvalue weighted by Crippen LogP contribution is 2.48. The summed E-state index contributed by atoms with van der Waals surface area (Å²) in [4.78, 5) is 41.5. The second-order valence-electron chi connectivity index (χ2n) is 11.7. The van der Waals surface area contributed by atoms with Gasteiger partial charge in [-0.2, -0.15) is 0 Å². The van der Waals surface area contributed by atoms with Crippen molar-refractivity contribution in [2.45, 2.75) is 44.9 Å². The number of aldehydes is 1. The lowest BCUT2D eigenvalue weighted by atomic mass is 9.82. The second kappa shape index (κ2) is 12.8. The first-order valence-electron chi connectivity index (χ1n) is 14.7. The van der Waals surface area contributed by atoms with Crippen LogP contribution in [0.5, 0.6) is 17.2 Å². The highest BCUT2D eigenvalue weighted by Gasteiger charge is 2.45. The lowest BCUT2D eigenvalue weighted by Gasteiger charge is -2.22. The van der Waals surface area contributed by atoms with E-state index in [9.17, 15) is 23.2 Å². The first-order chi connectivity index (χ1) is 21.5. The van der Waals surface area contributed by atoms with Crippen LogP contribution in [0.2, 0.25) is 0 Å². The molecule has 2 aromatic carbocycles. The van der Waals surface area contributed by atoms with Crippen molar-refractivity contribution in [3.05, 3.63) is 70.7 Å². The standard InChI is InChI=1S/C33H34F3N3O6/c1-4-43-28-9-19(7-8-27(28)44-15-17(2)14-40)31(41)38-13-21(18-5-6-18)26-11-22-30(45-16-33(22,3)32(37)42)29(39-26)20-10-24(35)25(36)12-23(20)34/h7-12,14,17-18,21H,4-6,13,15-16H2,1-3H3,(H2,37,42)(H,38,41)/t17-,21-,33-/m0/s1. The summed E-state index contributed by atoms with van der Waals surface area (Å²) in [5, 5.41) is 2.94. The third kappa shape index (κ3) is 6.45. The predicted octanol–water partition coefficient (Wildman–Crippen LogP) is 4.84. The van der Waals surface area contributed by atoms with Gasteiger partial charge in [0.1, 0.15) is 35.6 Å². The average Bonchev–Trinajstić information content (AvgIpc) is 3.80. The summed E-state index contributed by atoms with van der Waals surface area (Å²) in [6.45, 7) is 5.59. The van der Waals surface area contributed by atoms with Crippen LogP contribution in [0.15, 0.2) is 36.4 Å². The Morgan fingerprint density at radius 3 is 2.51 bits per heavy atom. The van der Waals surface area contributed by atoms with E-state index in [1.807, 2.05) is 0 Å². The van der Waals surface area contributed by atoms with Crippen LogP contribution >= 0.6 is 0 Å². The molecule has 0 saturated heterocycles. The molecule has 5 rings (SSSR count). The van der Waals surface area contributed by atoms with Crippen LogP contribution < -0.4 is 25.3 Å². The number of rotatable bonds is 13. The van der Waals surface area contributed by atoms with Crippen molar-refractivity contribution in [2.75, 3.05) is 26.4 Å². The molecule has 1 saturated carbocycles. The molecular weight excluding hydrogens is 591 g/mol. The molecule has 1 aromatic heterocycles. The summed E-state index contributed by atoms with van der Waals surface area (Å²) in [5.41, 5.74) is 5.15. The number of primary amides is 1. The number of ether oxygens (including phenoxy) is 3. The first kappa shape index (κ1) is 31.8. The maximum absolute atomic E-state index is 15.0. The maximum Gasteiger partial charge on any atom is 0.251 e. The molecule has 238 valence electrons. The van der Waals surface area contributed by atoms with Gasteiger partial charge in [-0.3, -0.25) is 9.59 Å². The Labute approximate surface area is 258 Å². The molecule has 0 unspecified atom stereocenters. The van der Waals surface area contributed by atoms with E-state index in [0.29, 0.717) is 47.1 Å². The van der Waals surface area contributed by atoms with Crippen LogP contribution in [-0.4, -0.2) is 49.4 Å². The average molecular weight is 626 g/mol. The molecule has 2 heterocycles. The molecule has 3 aromatic rings. The van der Waals surface area contributed by atoms with Crippen molar-refractivity contribution >= 4 is 18.1 Å². The Kier molecular flexibility index (Phi) is 9.03. The highest BCUT2D eigenvalue weighted by molar-refractivity contribution is 5.95. The summed E-state index contributed by atoms with van der Waals surface area (Å²) in [6, 6.07) is 7.55. The van der Waals surface area contributed by atoms with Crippen molar-refractivity contribution < 1.29 is 41.8 Å². The summed E-state index contributed by atoms with van der Waals surface area (Å²) < 4.78 is 60.2. The van der Waals surface area contributed by atoms with Gasteiger partial charge < -0.3 is 30.1 Å². The number of carbonyl (C=O) groups excluding carboxylic acids is 3. The van der Waals surface area contributed by atoms with Crippen LogP contribution in [0.25, 0.3) is 11.3 Å². The Hall–Kier alpha value is -4.61. The van der Waals surface area contributed by atoms with Crippen molar-refractivity contribution in [3.8, 4) is 28.5 Å². The molecule has 1 aliphatic carbocycles. The van der Waals surface area contributed by atoms with Crippen LogP contribution in [0.1, 0.15) is 61.1 Å². The third-order valence-electron chi connectivity index (χ3n) is 8.19. The van der Waals surface area contributed by atoms with Crippen LogP contribution in [-0.2, 0) is 15.0 Å². The van der Waals surface area contributed by atoms with E-state index in [0.717, 1.165) is 19.1 Å². The quantitative estimate of drug-likeness (QED) is 0.206. The minimum absolute atomic E-state index is 0.0665. The SMILES string of the molecule is CCOc1cc(C(=O)NC[C@H](c2cc3c(c(-c4cc(F)c(F)cc4F)n2)OC[C@]3(C)C(N)=O)C2CC2)ccc1OC[C@@H](C)C=O. The normalized spacial score (nSPS) is 18.4. The van der Waals surface area contributed by atoms with Gasteiger partial charge in [-0.05, 0) is 62.9 Å². The third-order valence-corrected chi connectivity index (χ3v) is 8.19. The summed E-state index contributed by atoms with van der Waals surface area (Å²) in [6.07, 6.45) is 2.47. The fourth-order valence-electron chi connectivity index (χ4n) is 5.30.